The van der Waals surface area contributed by atoms with Crippen molar-refractivity contribution in [3.05, 3.63) is 59.7 Å². The minimum Gasteiger partial charge on any atom is -0.508 e. The number of nitrogens with zero attached hydrogens (tertiary/aromatic N) is 1. The van der Waals surface area contributed by atoms with E-state index in [-0.39, 0.29) is 5.75 Å². The molecule has 2 aromatic rings. The van der Waals surface area contributed by atoms with Gasteiger partial charge in [0.25, 0.3) is 0 Å². The molecule has 0 saturated carbocycles. The first-order valence-corrected chi connectivity index (χ1v) is 8.75. The number of hydrogen-bond acceptors (Lipinski definition) is 5. The Morgan fingerprint density at radius 2 is 1.58 bits per heavy atom. The van der Waals surface area contributed by atoms with Crippen LogP contribution in [0.3, 0.4) is 0 Å². The van der Waals surface area contributed by atoms with Crippen molar-refractivity contribution in [2.45, 2.75) is 18.9 Å². The molecule has 0 spiro atoms. The quantitative estimate of drug-likeness (QED) is 0.320. The van der Waals surface area contributed by atoms with Crippen LogP contribution < -0.4 is 10.9 Å². The zero-order valence-electron chi connectivity index (χ0n) is 13.8. The molecule has 0 aliphatic heterocycles. The van der Waals surface area contributed by atoms with Gasteiger partial charge in [-0.1, -0.05) is 24.3 Å². The molecular weight excluding hydrogens is 373 g/mol. The van der Waals surface area contributed by atoms with E-state index in [0.29, 0.717) is 0 Å². The third-order valence-electron chi connectivity index (χ3n) is 3.36. The minimum atomic E-state index is -5.84. The molecular formula is C16H19F3N2O4S. The normalized spacial score (nSPS) is 11.5. The van der Waals surface area contributed by atoms with Crippen LogP contribution in [0.25, 0.3) is 0 Å². The number of alkyl halides is 3. The third kappa shape index (κ3) is 6.90. The first-order chi connectivity index (χ1) is 11.9. The van der Waals surface area contributed by atoms with Gasteiger partial charge in [0.15, 0.2) is 0 Å². The molecule has 0 saturated heterocycles. The number of aromatic hydroxyl groups is 1. The fourth-order valence-electron chi connectivity index (χ4n) is 1.90. The molecule has 0 aliphatic carbocycles. The topological polar surface area (TPSA) is 104 Å². The van der Waals surface area contributed by atoms with Crippen molar-refractivity contribution >= 4 is 15.8 Å². The van der Waals surface area contributed by atoms with E-state index in [4.69, 9.17) is 18.8 Å². The monoisotopic (exact) mass is 392 g/mol. The molecule has 144 valence electrons. The number of hydrazine groups is 1. The lowest BCUT2D eigenvalue weighted by Gasteiger charge is -2.19. The van der Waals surface area contributed by atoms with Gasteiger partial charge in [-0.25, -0.2) is 5.84 Å². The van der Waals surface area contributed by atoms with Crippen molar-refractivity contribution in [3.8, 4) is 5.75 Å². The van der Waals surface area contributed by atoms with E-state index in [1.807, 2.05) is 24.3 Å². The summed E-state index contributed by atoms with van der Waals surface area (Å²) in [5.74, 6) is 6.25. The smallest absolute Gasteiger partial charge is 0.508 e. The fourth-order valence-corrected chi connectivity index (χ4v) is 1.90. The summed E-state index contributed by atoms with van der Waals surface area (Å²) >= 11 is 0. The van der Waals surface area contributed by atoms with Crippen molar-refractivity contribution in [3.63, 3.8) is 0 Å². The lowest BCUT2D eigenvalue weighted by Crippen LogP contribution is -2.32. The molecule has 0 bridgehead atoms. The van der Waals surface area contributed by atoms with Gasteiger partial charge >= 0.3 is 15.6 Å². The maximum atomic E-state index is 10.7. The van der Waals surface area contributed by atoms with Crippen LogP contribution in [0, 0.1) is 6.92 Å². The van der Waals surface area contributed by atoms with E-state index in [1.54, 1.807) is 17.1 Å². The van der Waals surface area contributed by atoms with E-state index in [9.17, 15) is 18.3 Å². The number of nitrogens with two attached hydrogens (primary N) is 1. The van der Waals surface area contributed by atoms with E-state index >= 15 is 0 Å². The molecule has 0 fully saturated rings. The Morgan fingerprint density at radius 1 is 1.08 bits per heavy atom. The molecule has 0 atom stereocenters. The van der Waals surface area contributed by atoms with Gasteiger partial charge in [-0.3, -0.25) is 4.55 Å². The summed E-state index contributed by atoms with van der Waals surface area (Å²) in [6, 6.07) is 15.2. The van der Waals surface area contributed by atoms with Gasteiger partial charge in [0.2, 0.25) is 0 Å². The molecule has 4 N–H and O–H groups in total. The van der Waals surface area contributed by atoms with Gasteiger partial charge < -0.3 is 10.1 Å². The van der Waals surface area contributed by atoms with Crippen LogP contribution in [0.4, 0.5) is 18.9 Å². The molecule has 2 rings (SSSR count). The number of aryl methyl sites for hydroxylation is 1. The van der Waals surface area contributed by atoms with Crippen molar-refractivity contribution < 1.29 is 31.2 Å². The van der Waals surface area contributed by atoms with Crippen LogP contribution in [-0.2, 0) is 16.5 Å². The number of phenolic OH excluding ortho intramolecular Hbond substituents is 1. The Labute approximate surface area is 149 Å². The molecule has 6 nitrogen and oxygen atoms in total. The summed E-state index contributed by atoms with van der Waals surface area (Å²) in [5, 5.41) is 10.9. The van der Waals surface area contributed by atoms with Crippen LogP contribution in [0.2, 0.25) is 0 Å². The van der Waals surface area contributed by atoms with E-state index in [2.05, 4.69) is 19.1 Å². The van der Waals surface area contributed by atoms with Gasteiger partial charge in [-0.15, -0.1) is 0 Å². The Balaban J connectivity index is 0.000000359. The van der Waals surface area contributed by atoms with E-state index in [1.165, 1.54) is 11.1 Å². The highest BCUT2D eigenvalue weighted by atomic mass is 32.2. The molecule has 0 radical (unpaired) electrons. The highest BCUT2D eigenvalue weighted by Gasteiger charge is 2.44. The predicted octanol–water partition coefficient (Wildman–Crippen LogP) is 3.02. The summed E-state index contributed by atoms with van der Waals surface area (Å²) in [5.41, 5.74) is -2.03. The van der Waals surface area contributed by atoms with Gasteiger partial charge in [-0.05, 0) is 48.7 Å². The zero-order valence-corrected chi connectivity index (χ0v) is 14.6. The van der Waals surface area contributed by atoms with Crippen molar-refractivity contribution in [1.82, 2.24) is 0 Å². The van der Waals surface area contributed by atoms with Gasteiger partial charge in [0.05, 0.1) is 5.69 Å². The Morgan fingerprint density at radius 3 is 2.04 bits per heavy atom. The Hall–Kier alpha value is -2.30. The van der Waals surface area contributed by atoms with Crippen molar-refractivity contribution in [2.75, 3.05) is 11.6 Å². The molecule has 0 unspecified atom stereocenters. The summed E-state index contributed by atoms with van der Waals surface area (Å²) in [6.07, 6.45) is 0.907. The van der Waals surface area contributed by atoms with Crippen LogP contribution in [0.15, 0.2) is 48.5 Å². The number of benzene rings is 2. The summed E-state index contributed by atoms with van der Waals surface area (Å²) in [6.45, 7) is 2.85. The summed E-state index contributed by atoms with van der Waals surface area (Å²) in [4.78, 5) is 0. The summed E-state index contributed by atoms with van der Waals surface area (Å²) in [7, 11) is -5.84. The first-order valence-electron chi connectivity index (χ1n) is 7.31. The average molecular weight is 392 g/mol. The number of hydrogen-bond donors (Lipinski definition) is 3. The third-order valence-corrected chi connectivity index (χ3v) is 3.94. The maximum absolute atomic E-state index is 10.7. The van der Waals surface area contributed by atoms with Crippen molar-refractivity contribution in [1.29, 1.82) is 0 Å². The Bertz CT molecular complexity index is 809. The van der Waals surface area contributed by atoms with E-state index < -0.39 is 15.6 Å². The van der Waals surface area contributed by atoms with Crippen LogP contribution in [0.5, 0.6) is 5.75 Å². The highest BCUT2D eigenvalue weighted by Crippen LogP contribution is 2.20. The highest BCUT2D eigenvalue weighted by molar-refractivity contribution is 7.86. The molecule has 26 heavy (non-hydrogen) atoms. The van der Waals surface area contributed by atoms with Crippen LogP contribution in [-0.4, -0.2) is 30.1 Å². The SMILES string of the molecule is Cc1ccccc1CCN(N)c1ccc(O)cc1.O=S(=O)(O)C(F)(F)F. The Kier molecular flexibility index (Phi) is 7.42. The van der Waals surface area contributed by atoms with E-state index in [0.717, 1.165) is 18.7 Å². The van der Waals surface area contributed by atoms with Gasteiger partial charge in [0.1, 0.15) is 5.75 Å². The second kappa shape index (κ2) is 8.88. The second-order valence-corrected chi connectivity index (χ2v) is 6.72. The molecule has 10 heteroatoms. The van der Waals surface area contributed by atoms with Crippen molar-refractivity contribution in [2.24, 2.45) is 5.84 Å². The molecule has 2 aromatic carbocycles. The number of halogens is 3. The lowest BCUT2D eigenvalue weighted by molar-refractivity contribution is -0.0510. The van der Waals surface area contributed by atoms with Crippen LogP contribution in [0.1, 0.15) is 11.1 Å². The number of rotatable bonds is 4. The molecule has 0 heterocycles. The van der Waals surface area contributed by atoms with Gasteiger partial charge in [0, 0.05) is 6.54 Å². The maximum Gasteiger partial charge on any atom is 0.522 e. The molecule has 0 amide bonds. The average Bonchev–Trinajstić information content (AvgIpc) is 2.53. The first kappa shape index (κ1) is 21.7. The minimum absolute atomic E-state index is 0.256. The van der Waals surface area contributed by atoms with Crippen LogP contribution >= 0.6 is 0 Å². The fraction of sp³-hybridized carbons (Fsp3) is 0.250. The number of phenols is 1. The van der Waals surface area contributed by atoms with Gasteiger partial charge in [-0.2, -0.15) is 21.6 Å². The molecule has 0 aliphatic rings. The lowest BCUT2D eigenvalue weighted by atomic mass is 10.1. The summed E-state index contributed by atoms with van der Waals surface area (Å²) < 4.78 is 57.5. The molecule has 0 aromatic heterocycles. The standard InChI is InChI=1S/C15H18N2O.CHF3O3S/c1-12-4-2-3-5-13(12)10-11-17(16)14-6-8-15(18)9-7-14;2-1(3,4)8(5,6)7/h2-9,18H,10-11,16H2,1H3;(H,5,6,7). The largest absolute Gasteiger partial charge is 0.522 e. The zero-order chi connectivity index (χ0) is 20.0. The number of anilines is 1. The predicted molar refractivity (Wildman–Crippen MR) is 92.1 cm³/mol. The second-order valence-electron chi connectivity index (χ2n) is 5.31.